The van der Waals surface area contributed by atoms with Crippen LogP contribution in [0.15, 0.2) is 17.4 Å². The van der Waals surface area contributed by atoms with Crippen molar-refractivity contribution in [1.82, 2.24) is 9.78 Å². The summed E-state index contributed by atoms with van der Waals surface area (Å²) < 4.78 is 5.78. The number of esters is 1. The van der Waals surface area contributed by atoms with Gasteiger partial charge in [-0.3, -0.25) is 14.6 Å². The maximum Gasteiger partial charge on any atom is 0.356 e. The van der Waals surface area contributed by atoms with Crippen LogP contribution in [0, 0.1) is 0 Å². The van der Waals surface area contributed by atoms with E-state index in [1.54, 1.807) is 13.1 Å². The highest BCUT2D eigenvalue weighted by molar-refractivity contribution is 5.88. The molecule has 5 nitrogen and oxygen atoms in total. The molecule has 1 heterocycles. The van der Waals surface area contributed by atoms with Crippen LogP contribution < -0.4 is 5.56 Å². The Morgan fingerprint density at radius 1 is 1.71 bits per heavy atom. The molecule has 0 radical (unpaired) electrons. The van der Waals surface area contributed by atoms with E-state index in [0.717, 1.165) is 0 Å². The van der Waals surface area contributed by atoms with E-state index < -0.39 is 5.97 Å². The molecule has 0 aliphatic heterocycles. The lowest BCUT2D eigenvalue weighted by Crippen LogP contribution is -2.15. The highest BCUT2D eigenvalue weighted by Gasteiger charge is 2.17. The van der Waals surface area contributed by atoms with E-state index in [2.05, 4.69) is 16.4 Å². The molecule has 1 N–H and O–H groups in total. The second kappa shape index (κ2) is 3.95. The molecule has 0 fully saturated rings. The fraction of sp³-hybridized carbons (Fsp3) is 0.333. The van der Waals surface area contributed by atoms with Crippen molar-refractivity contribution in [3.05, 3.63) is 34.3 Å². The van der Waals surface area contributed by atoms with Gasteiger partial charge in [0.1, 0.15) is 5.69 Å². The van der Waals surface area contributed by atoms with Crippen LogP contribution >= 0.6 is 0 Å². The number of hydrogen-bond donors (Lipinski definition) is 1. The van der Waals surface area contributed by atoms with Gasteiger partial charge in [0.2, 0.25) is 0 Å². The zero-order chi connectivity index (χ0) is 10.7. The first kappa shape index (κ1) is 10.3. The molecule has 0 bridgehead atoms. The molecular weight excluding hydrogens is 184 g/mol. The lowest BCUT2D eigenvalue weighted by Gasteiger charge is -1.96. The van der Waals surface area contributed by atoms with Gasteiger partial charge in [0.25, 0.3) is 5.56 Å². The van der Waals surface area contributed by atoms with Crippen molar-refractivity contribution in [2.45, 2.75) is 6.42 Å². The largest absolute Gasteiger partial charge is 0.464 e. The van der Waals surface area contributed by atoms with Gasteiger partial charge in [0.15, 0.2) is 0 Å². The minimum Gasteiger partial charge on any atom is -0.464 e. The molecule has 0 saturated heterocycles. The van der Waals surface area contributed by atoms with Crippen LogP contribution in [0.2, 0.25) is 0 Å². The lowest BCUT2D eigenvalue weighted by molar-refractivity contribution is 0.0592. The van der Waals surface area contributed by atoms with Crippen LogP contribution in [0.3, 0.4) is 0 Å². The van der Waals surface area contributed by atoms with Gasteiger partial charge >= 0.3 is 5.97 Å². The fourth-order valence-corrected chi connectivity index (χ4v) is 1.20. The van der Waals surface area contributed by atoms with Crippen molar-refractivity contribution < 1.29 is 9.53 Å². The number of ether oxygens (including phenoxy) is 1. The van der Waals surface area contributed by atoms with Gasteiger partial charge < -0.3 is 4.74 Å². The molecule has 1 aromatic heterocycles. The zero-order valence-electron chi connectivity index (χ0n) is 8.16. The molecule has 76 valence electrons. The fourth-order valence-electron chi connectivity index (χ4n) is 1.20. The van der Waals surface area contributed by atoms with Gasteiger partial charge in [-0.15, -0.1) is 6.58 Å². The van der Waals surface area contributed by atoms with Gasteiger partial charge in [-0.2, -0.15) is 0 Å². The Hall–Kier alpha value is -1.78. The van der Waals surface area contributed by atoms with Gasteiger partial charge in [-0.1, -0.05) is 6.08 Å². The van der Waals surface area contributed by atoms with E-state index in [9.17, 15) is 9.59 Å². The molecule has 0 amide bonds. The second-order valence-electron chi connectivity index (χ2n) is 2.81. The number of rotatable bonds is 3. The first-order chi connectivity index (χ1) is 6.61. The normalized spacial score (nSPS) is 9.86. The van der Waals surface area contributed by atoms with Crippen molar-refractivity contribution in [3.8, 4) is 0 Å². The van der Waals surface area contributed by atoms with E-state index in [0.29, 0.717) is 12.0 Å². The first-order valence-electron chi connectivity index (χ1n) is 4.09. The van der Waals surface area contributed by atoms with E-state index in [4.69, 9.17) is 0 Å². The molecule has 0 unspecified atom stereocenters. The SMILES string of the molecule is C=CCc1c(C(=O)OC)[nH]n(C)c1=O. The highest BCUT2D eigenvalue weighted by Crippen LogP contribution is 2.03. The summed E-state index contributed by atoms with van der Waals surface area (Å²) >= 11 is 0. The van der Waals surface area contributed by atoms with Crippen LogP contribution in [0.1, 0.15) is 16.1 Å². The highest BCUT2D eigenvalue weighted by atomic mass is 16.5. The maximum atomic E-state index is 11.5. The number of H-pyrrole nitrogens is 1. The van der Waals surface area contributed by atoms with Crippen LogP contribution in [0.4, 0.5) is 0 Å². The molecular formula is C9H12N2O3. The smallest absolute Gasteiger partial charge is 0.356 e. The van der Waals surface area contributed by atoms with Crippen LogP contribution in [-0.2, 0) is 18.2 Å². The molecule has 1 rings (SSSR count). The van der Waals surface area contributed by atoms with Crippen molar-refractivity contribution in [1.29, 1.82) is 0 Å². The van der Waals surface area contributed by atoms with Crippen molar-refractivity contribution in [2.75, 3.05) is 7.11 Å². The molecule has 1 aromatic rings. The quantitative estimate of drug-likeness (QED) is 0.556. The van der Waals surface area contributed by atoms with Crippen LogP contribution in [0.5, 0.6) is 0 Å². The summed E-state index contributed by atoms with van der Waals surface area (Å²) in [6.45, 7) is 3.52. The third-order valence-corrected chi connectivity index (χ3v) is 1.88. The van der Waals surface area contributed by atoms with Crippen molar-refractivity contribution in [2.24, 2.45) is 7.05 Å². The standard InChI is InChI=1S/C9H12N2O3/c1-4-5-6-7(9(13)14-3)10-11(2)8(6)12/h4,10H,1,5H2,2-3H3. The summed E-state index contributed by atoms with van der Waals surface area (Å²) in [5, 5.41) is 2.63. The molecule has 0 aliphatic carbocycles. The Labute approximate surface area is 81.0 Å². The molecule has 0 spiro atoms. The molecule has 0 aromatic carbocycles. The molecule has 0 atom stereocenters. The number of aromatic amines is 1. The number of carbonyl (C=O) groups is 1. The van der Waals surface area contributed by atoms with E-state index >= 15 is 0 Å². The number of aryl methyl sites for hydroxylation is 1. The Bertz CT molecular complexity index is 414. The van der Waals surface area contributed by atoms with Crippen LogP contribution in [-0.4, -0.2) is 22.9 Å². The monoisotopic (exact) mass is 196 g/mol. The van der Waals surface area contributed by atoms with Gasteiger partial charge in [0, 0.05) is 7.05 Å². The number of methoxy groups -OCH3 is 1. The van der Waals surface area contributed by atoms with Gasteiger partial charge in [0.05, 0.1) is 12.7 Å². The Morgan fingerprint density at radius 3 is 2.86 bits per heavy atom. The topological polar surface area (TPSA) is 64.1 Å². The lowest BCUT2D eigenvalue weighted by atomic mass is 10.2. The Morgan fingerprint density at radius 2 is 2.36 bits per heavy atom. The predicted molar refractivity (Wildman–Crippen MR) is 51.3 cm³/mol. The number of hydrogen-bond acceptors (Lipinski definition) is 3. The third-order valence-electron chi connectivity index (χ3n) is 1.88. The number of aromatic nitrogens is 2. The summed E-state index contributed by atoms with van der Waals surface area (Å²) in [7, 11) is 2.81. The Kier molecular flexibility index (Phi) is 2.91. The van der Waals surface area contributed by atoms with E-state index in [1.807, 2.05) is 0 Å². The third kappa shape index (κ3) is 1.61. The van der Waals surface area contributed by atoms with Crippen molar-refractivity contribution in [3.63, 3.8) is 0 Å². The summed E-state index contributed by atoms with van der Waals surface area (Å²) in [4.78, 5) is 22.7. The molecule has 14 heavy (non-hydrogen) atoms. The molecule has 0 aliphatic rings. The van der Waals surface area contributed by atoms with Crippen LogP contribution in [0.25, 0.3) is 0 Å². The number of nitrogens with one attached hydrogen (secondary N) is 1. The summed E-state index contributed by atoms with van der Waals surface area (Å²) in [6.07, 6.45) is 1.91. The molecule has 5 heteroatoms. The molecule has 0 saturated carbocycles. The maximum absolute atomic E-state index is 11.5. The number of nitrogens with zero attached hydrogens (tertiary/aromatic N) is 1. The zero-order valence-corrected chi connectivity index (χ0v) is 8.16. The average molecular weight is 196 g/mol. The summed E-state index contributed by atoms with van der Waals surface area (Å²) in [5.74, 6) is -0.542. The average Bonchev–Trinajstić information content (AvgIpc) is 2.45. The van der Waals surface area contributed by atoms with E-state index in [1.165, 1.54) is 11.8 Å². The van der Waals surface area contributed by atoms with Gasteiger partial charge in [-0.05, 0) is 6.42 Å². The number of allylic oxidation sites excluding steroid dienone is 1. The minimum atomic E-state index is -0.542. The van der Waals surface area contributed by atoms with Crippen molar-refractivity contribution >= 4 is 5.97 Å². The predicted octanol–water partition coefficient (Wildman–Crippen LogP) is 0.228. The van der Waals surface area contributed by atoms with Gasteiger partial charge in [-0.25, -0.2) is 4.79 Å². The number of carbonyl (C=O) groups excluding carboxylic acids is 1. The second-order valence-corrected chi connectivity index (χ2v) is 2.81. The first-order valence-corrected chi connectivity index (χ1v) is 4.09. The summed E-state index contributed by atoms with van der Waals surface area (Å²) in [6, 6.07) is 0. The Balaban J connectivity index is 3.28. The van der Waals surface area contributed by atoms with E-state index in [-0.39, 0.29) is 11.3 Å². The minimum absolute atomic E-state index is 0.194. The summed E-state index contributed by atoms with van der Waals surface area (Å²) in [5.41, 5.74) is 0.347.